The molecule has 1 aliphatic heterocycles. The van der Waals surface area contributed by atoms with E-state index in [1.165, 1.54) is 12.5 Å². The Morgan fingerprint density at radius 1 is 1.25 bits per heavy atom. The topological polar surface area (TPSA) is 88.3 Å². The molecule has 3 rings (SSSR count). The number of aromatic nitrogens is 2. The number of sulfonamides is 1. The van der Waals surface area contributed by atoms with Gasteiger partial charge < -0.3 is 4.90 Å². The molecule has 1 N–H and O–H groups in total. The molecule has 0 saturated carbocycles. The Balaban J connectivity index is 1.55. The van der Waals surface area contributed by atoms with E-state index >= 15 is 0 Å². The second kappa shape index (κ2) is 7.16. The van der Waals surface area contributed by atoms with Crippen LogP contribution < -0.4 is 4.72 Å². The van der Waals surface area contributed by atoms with Crippen LogP contribution in [0.15, 0.2) is 27.7 Å². The minimum absolute atomic E-state index is 0.112. The average molecular weight is 352 g/mol. The third-order valence-corrected chi connectivity index (χ3v) is 5.92. The van der Waals surface area contributed by atoms with Crippen LogP contribution >= 0.6 is 0 Å². The molecule has 7 nitrogen and oxygen atoms in total. The summed E-state index contributed by atoms with van der Waals surface area (Å²) in [4.78, 5) is 2.54. The molecule has 0 aliphatic carbocycles. The van der Waals surface area contributed by atoms with Gasteiger partial charge in [0.25, 0.3) is 0 Å². The Labute approximate surface area is 142 Å². The van der Waals surface area contributed by atoms with Gasteiger partial charge in [-0.2, -0.15) is 0 Å². The summed E-state index contributed by atoms with van der Waals surface area (Å²) in [5, 5.41) is 7.37. The Hall–Kier alpha value is -1.51. The van der Waals surface area contributed by atoms with E-state index in [2.05, 4.69) is 38.4 Å². The highest BCUT2D eigenvalue weighted by Gasteiger charge is 2.22. The van der Waals surface area contributed by atoms with E-state index in [0.717, 1.165) is 26.1 Å². The molecule has 0 spiro atoms. The van der Waals surface area contributed by atoms with Crippen molar-refractivity contribution in [3.63, 3.8) is 0 Å². The predicted molar refractivity (Wildman–Crippen MR) is 91.0 cm³/mol. The number of piperidine rings is 1. The number of likely N-dealkylation sites (tertiary alicyclic amines) is 1. The fourth-order valence-corrected chi connectivity index (χ4v) is 4.78. The summed E-state index contributed by atoms with van der Waals surface area (Å²) < 4.78 is 32.2. The first kappa shape index (κ1) is 17.3. The first-order valence-electron chi connectivity index (χ1n) is 8.39. The maximum atomic E-state index is 12.5. The zero-order valence-corrected chi connectivity index (χ0v) is 14.9. The lowest BCUT2D eigenvalue weighted by Crippen LogP contribution is -2.40. The van der Waals surface area contributed by atoms with Crippen LogP contribution in [0.1, 0.15) is 26.7 Å². The average Bonchev–Trinajstić information content (AvgIpc) is 2.99. The molecule has 1 aromatic heterocycles. The predicted octanol–water partition coefficient (Wildman–Crippen LogP) is 1.87. The zero-order valence-electron chi connectivity index (χ0n) is 14.1. The molecule has 24 heavy (non-hydrogen) atoms. The van der Waals surface area contributed by atoms with E-state index in [0.29, 0.717) is 23.9 Å². The van der Waals surface area contributed by atoms with Gasteiger partial charge in [0.1, 0.15) is 10.4 Å². The minimum Gasteiger partial charge on any atom is -0.303 e. The van der Waals surface area contributed by atoms with Gasteiger partial charge in [0.2, 0.25) is 10.0 Å². The molecule has 1 fully saturated rings. The van der Waals surface area contributed by atoms with Crippen LogP contribution in [0.4, 0.5) is 0 Å². The van der Waals surface area contributed by atoms with Crippen LogP contribution in [0.5, 0.6) is 0 Å². The molecule has 1 aliphatic rings. The summed E-state index contributed by atoms with van der Waals surface area (Å²) in [5.74, 6) is 1.42. The molecule has 2 unspecified atom stereocenters. The van der Waals surface area contributed by atoms with Crippen LogP contribution in [0.25, 0.3) is 11.0 Å². The van der Waals surface area contributed by atoms with Crippen molar-refractivity contribution in [2.45, 2.75) is 31.6 Å². The fourth-order valence-electron chi connectivity index (χ4n) is 3.56. The Morgan fingerprint density at radius 2 is 2.00 bits per heavy atom. The van der Waals surface area contributed by atoms with Crippen molar-refractivity contribution in [1.29, 1.82) is 0 Å². The molecule has 0 radical (unpaired) electrons. The smallest absolute Gasteiger partial charge is 0.242 e. The van der Waals surface area contributed by atoms with Crippen molar-refractivity contribution >= 4 is 21.1 Å². The van der Waals surface area contributed by atoms with Gasteiger partial charge in [0.05, 0.1) is 0 Å². The van der Waals surface area contributed by atoms with Gasteiger partial charge in [-0.3, -0.25) is 0 Å². The van der Waals surface area contributed by atoms with Gasteiger partial charge in [0.15, 0.2) is 5.52 Å². The maximum absolute atomic E-state index is 12.5. The van der Waals surface area contributed by atoms with Crippen LogP contribution in [-0.4, -0.2) is 49.8 Å². The summed E-state index contributed by atoms with van der Waals surface area (Å²) in [6.07, 6.45) is 2.06. The van der Waals surface area contributed by atoms with E-state index in [9.17, 15) is 8.42 Å². The molecule has 1 aromatic carbocycles. The number of nitrogens with one attached hydrogen (secondary N) is 1. The van der Waals surface area contributed by atoms with Crippen molar-refractivity contribution in [2.75, 3.05) is 26.2 Å². The Kier molecular flexibility index (Phi) is 5.17. The van der Waals surface area contributed by atoms with Gasteiger partial charge in [-0.05, 0) is 53.7 Å². The standard InChI is InChI=1S/C16H24N4O3S/c1-12-9-13(2)11-20(10-12)8-4-7-17-24(21,22)15-6-3-5-14-16(15)19-23-18-14/h3,5-6,12-13,17H,4,7-11H2,1-2H3. The molecular formula is C16H24N4O3S. The summed E-state index contributed by atoms with van der Waals surface area (Å²) in [5.41, 5.74) is 0.706. The van der Waals surface area contributed by atoms with E-state index in [1.807, 2.05) is 0 Å². The largest absolute Gasteiger partial charge is 0.303 e. The van der Waals surface area contributed by atoms with E-state index in [1.54, 1.807) is 12.1 Å². The first-order valence-corrected chi connectivity index (χ1v) is 9.87. The lowest BCUT2D eigenvalue weighted by molar-refractivity contribution is 0.140. The number of benzene rings is 1. The normalized spacial score (nSPS) is 22.9. The number of fused-ring (bicyclic) bond motifs is 1. The van der Waals surface area contributed by atoms with Gasteiger partial charge >= 0.3 is 0 Å². The van der Waals surface area contributed by atoms with Gasteiger partial charge in [-0.1, -0.05) is 19.9 Å². The Morgan fingerprint density at radius 3 is 2.75 bits per heavy atom. The van der Waals surface area contributed by atoms with Crippen molar-refractivity contribution in [1.82, 2.24) is 19.9 Å². The molecule has 2 aromatic rings. The molecule has 2 heterocycles. The Bertz CT molecular complexity index is 779. The maximum Gasteiger partial charge on any atom is 0.242 e. The van der Waals surface area contributed by atoms with E-state index in [4.69, 9.17) is 0 Å². The van der Waals surface area contributed by atoms with Gasteiger partial charge in [0, 0.05) is 19.6 Å². The summed E-state index contributed by atoms with van der Waals surface area (Å²) in [7, 11) is -3.61. The minimum atomic E-state index is -3.61. The highest BCUT2D eigenvalue weighted by atomic mass is 32.2. The third-order valence-electron chi connectivity index (χ3n) is 4.43. The lowest BCUT2D eigenvalue weighted by atomic mass is 9.92. The highest BCUT2D eigenvalue weighted by molar-refractivity contribution is 7.89. The van der Waals surface area contributed by atoms with Crippen LogP contribution in [-0.2, 0) is 10.0 Å². The van der Waals surface area contributed by atoms with Crippen LogP contribution in [0.2, 0.25) is 0 Å². The van der Waals surface area contributed by atoms with Gasteiger partial charge in [-0.25, -0.2) is 17.8 Å². The summed E-state index contributed by atoms with van der Waals surface area (Å²) in [6.45, 7) is 8.06. The van der Waals surface area contributed by atoms with Crippen molar-refractivity contribution < 1.29 is 13.0 Å². The van der Waals surface area contributed by atoms with Crippen molar-refractivity contribution in [3.8, 4) is 0 Å². The summed E-state index contributed by atoms with van der Waals surface area (Å²) in [6, 6.07) is 4.82. The quantitative estimate of drug-likeness (QED) is 0.799. The summed E-state index contributed by atoms with van der Waals surface area (Å²) >= 11 is 0. The molecule has 8 heteroatoms. The monoisotopic (exact) mass is 352 g/mol. The zero-order chi connectivity index (χ0) is 17.2. The molecule has 2 atom stereocenters. The molecule has 0 amide bonds. The van der Waals surface area contributed by atoms with Crippen LogP contribution in [0.3, 0.4) is 0 Å². The second-order valence-electron chi connectivity index (χ2n) is 6.85. The van der Waals surface area contributed by atoms with Crippen LogP contribution in [0, 0.1) is 11.8 Å². The number of nitrogens with zero attached hydrogens (tertiary/aromatic N) is 3. The number of hydrogen-bond donors (Lipinski definition) is 1. The third kappa shape index (κ3) is 3.93. The molecular weight excluding hydrogens is 328 g/mol. The fraction of sp³-hybridized carbons (Fsp3) is 0.625. The van der Waals surface area contributed by atoms with Crippen molar-refractivity contribution in [3.05, 3.63) is 18.2 Å². The van der Waals surface area contributed by atoms with E-state index < -0.39 is 10.0 Å². The lowest BCUT2D eigenvalue weighted by Gasteiger charge is -2.34. The number of hydrogen-bond acceptors (Lipinski definition) is 6. The SMILES string of the molecule is CC1CC(C)CN(CCCNS(=O)(=O)c2cccc3nonc23)C1. The molecule has 1 saturated heterocycles. The van der Waals surface area contributed by atoms with Crippen molar-refractivity contribution in [2.24, 2.45) is 11.8 Å². The second-order valence-corrected chi connectivity index (χ2v) is 8.58. The highest BCUT2D eigenvalue weighted by Crippen LogP contribution is 2.21. The number of rotatable bonds is 6. The molecule has 132 valence electrons. The first-order chi connectivity index (χ1) is 11.5. The van der Waals surface area contributed by atoms with Gasteiger partial charge in [-0.15, -0.1) is 0 Å². The van der Waals surface area contributed by atoms with E-state index in [-0.39, 0.29) is 10.4 Å². The molecule has 0 bridgehead atoms.